The van der Waals surface area contributed by atoms with Crippen molar-refractivity contribution in [2.75, 3.05) is 26.2 Å². The van der Waals surface area contributed by atoms with Crippen molar-refractivity contribution in [1.29, 1.82) is 0 Å². The molecule has 1 unspecified atom stereocenters. The van der Waals surface area contributed by atoms with Gasteiger partial charge < -0.3 is 5.32 Å². The Kier molecular flexibility index (Phi) is 7.76. The molecule has 0 aromatic heterocycles. The van der Waals surface area contributed by atoms with E-state index in [1.54, 1.807) is 0 Å². The number of nitrogens with one attached hydrogen (secondary N) is 1. The zero-order valence-electron chi connectivity index (χ0n) is 10.4. The van der Waals surface area contributed by atoms with E-state index in [0.29, 0.717) is 13.1 Å². The Morgan fingerprint density at radius 3 is 2.19 bits per heavy atom. The molecule has 0 aliphatic carbocycles. The van der Waals surface area contributed by atoms with Gasteiger partial charge in [-0.3, -0.25) is 4.90 Å². The van der Waals surface area contributed by atoms with Gasteiger partial charge in [0.2, 0.25) is 0 Å². The van der Waals surface area contributed by atoms with Gasteiger partial charge in [-0.2, -0.15) is 13.2 Å². The molecule has 0 fully saturated rings. The summed E-state index contributed by atoms with van der Waals surface area (Å²) in [6.45, 7) is 6.82. The highest BCUT2D eigenvalue weighted by atomic mass is 19.4. The first-order valence-corrected chi connectivity index (χ1v) is 5.95. The number of nitrogens with zero attached hydrogens (tertiary/aromatic N) is 1. The van der Waals surface area contributed by atoms with Gasteiger partial charge in [0.1, 0.15) is 0 Å². The summed E-state index contributed by atoms with van der Waals surface area (Å²) in [5.74, 6) is 0. The molecule has 0 aliphatic heterocycles. The number of alkyl halides is 3. The van der Waals surface area contributed by atoms with Crippen LogP contribution >= 0.6 is 0 Å². The average molecular weight is 240 g/mol. The highest BCUT2D eigenvalue weighted by Gasteiger charge is 2.30. The monoisotopic (exact) mass is 240 g/mol. The van der Waals surface area contributed by atoms with Crippen molar-refractivity contribution in [2.45, 2.75) is 45.8 Å². The Morgan fingerprint density at radius 1 is 1.19 bits per heavy atom. The van der Waals surface area contributed by atoms with Crippen LogP contribution < -0.4 is 5.32 Å². The Balaban J connectivity index is 4.19. The topological polar surface area (TPSA) is 15.3 Å². The van der Waals surface area contributed by atoms with E-state index < -0.39 is 12.7 Å². The summed E-state index contributed by atoms with van der Waals surface area (Å²) >= 11 is 0. The molecule has 5 heteroatoms. The van der Waals surface area contributed by atoms with E-state index >= 15 is 0 Å². The van der Waals surface area contributed by atoms with E-state index in [0.717, 1.165) is 19.4 Å². The van der Waals surface area contributed by atoms with Crippen molar-refractivity contribution in [3.05, 3.63) is 0 Å². The van der Waals surface area contributed by atoms with E-state index in [9.17, 15) is 13.2 Å². The summed E-state index contributed by atoms with van der Waals surface area (Å²) in [4.78, 5) is 1.48. The second kappa shape index (κ2) is 7.90. The van der Waals surface area contributed by atoms with Gasteiger partial charge >= 0.3 is 6.18 Å². The van der Waals surface area contributed by atoms with Crippen LogP contribution in [0.25, 0.3) is 0 Å². The maximum Gasteiger partial charge on any atom is 0.401 e. The standard InChI is InChI=1S/C11H23F3N2/c1-4-7-16(9-11(12,13)14)8-10(5-2)15-6-3/h10,15H,4-9H2,1-3H3. The summed E-state index contributed by atoms with van der Waals surface area (Å²) in [5, 5.41) is 3.20. The third kappa shape index (κ3) is 7.93. The smallest absolute Gasteiger partial charge is 0.313 e. The molecule has 1 atom stereocenters. The minimum atomic E-state index is -4.10. The molecule has 16 heavy (non-hydrogen) atoms. The molecule has 98 valence electrons. The normalized spacial score (nSPS) is 14.4. The fourth-order valence-corrected chi connectivity index (χ4v) is 1.74. The Hall–Kier alpha value is -0.290. The zero-order chi connectivity index (χ0) is 12.6. The number of hydrogen-bond acceptors (Lipinski definition) is 2. The molecule has 0 aliphatic rings. The first-order valence-electron chi connectivity index (χ1n) is 5.95. The van der Waals surface area contributed by atoms with Gasteiger partial charge in [-0.25, -0.2) is 0 Å². The first kappa shape index (κ1) is 15.7. The van der Waals surface area contributed by atoms with Crippen LogP contribution in [-0.2, 0) is 0 Å². The van der Waals surface area contributed by atoms with Gasteiger partial charge in [-0.15, -0.1) is 0 Å². The third-order valence-electron chi connectivity index (χ3n) is 2.41. The van der Waals surface area contributed by atoms with Crippen molar-refractivity contribution in [3.63, 3.8) is 0 Å². The summed E-state index contributed by atoms with van der Waals surface area (Å²) in [5.41, 5.74) is 0. The van der Waals surface area contributed by atoms with Crippen LogP contribution in [0.4, 0.5) is 13.2 Å². The van der Waals surface area contributed by atoms with E-state index in [-0.39, 0.29) is 6.04 Å². The van der Waals surface area contributed by atoms with E-state index in [4.69, 9.17) is 0 Å². The van der Waals surface area contributed by atoms with Crippen LogP contribution in [0.3, 0.4) is 0 Å². The molecule has 0 amide bonds. The Labute approximate surface area is 96.2 Å². The molecular weight excluding hydrogens is 217 g/mol. The first-order chi connectivity index (χ1) is 7.42. The SMILES string of the molecule is CCCN(CC(CC)NCC)CC(F)(F)F. The van der Waals surface area contributed by atoms with Crippen LogP contribution in [0.2, 0.25) is 0 Å². The fraction of sp³-hybridized carbons (Fsp3) is 1.00. The van der Waals surface area contributed by atoms with Crippen molar-refractivity contribution in [1.82, 2.24) is 10.2 Å². The van der Waals surface area contributed by atoms with Gasteiger partial charge in [0.25, 0.3) is 0 Å². The summed E-state index contributed by atoms with van der Waals surface area (Å²) in [6, 6.07) is 0.152. The number of halogens is 3. The predicted octanol–water partition coefficient (Wildman–Crippen LogP) is 2.65. The maximum absolute atomic E-state index is 12.3. The Morgan fingerprint density at radius 2 is 1.81 bits per heavy atom. The quantitative estimate of drug-likeness (QED) is 0.701. The second-order valence-electron chi connectivity index (χ2n) is 4.01. The van der Waals surface area contributed by atoms with Crippen LogP contribution in [0, 0.1) is 0 Å². The summed E-state index contributed by atoms with van der Waals surface area (Å²) < 4.78 is 36.9. The van der Waals surface area contributed by atoms with E-state index in [2.05, 4.69) is 5.32 Å². The molecule has 0 radical (unpaired) electrons. The minimum absolute atomic E-state index is 0.152. The molecule has 0 rings (SSSR count). The van der Waals surface area contributed by atoms with Crippen LogP contribution in [0.5, 0.6) is 0 Å². The van der Waals surface area contributed by atoms with E-state index in [1.165, 1.54) is 4.90 Å². The third-order valence-corrected chi connectivity index (χ3v) is 2.41. The largest absolute Gasteiger partial charge is 0.401 e. The lowest BCUT2D eigenvalue weighted by Gasteiger charge is -2.27. The van der Waals surface area contributed by atoms with Gasteiger partial charge in [0.15, 0.2) is 0 Å². The molecular formula is C11H23F3N2. The van der Waals surface area contributed by atoms with Crippen molar-refractivity contribution in [2.24, 2.45) is 0 Å². The summed E-state index contributed by atoms with van der Waals surface area (Å²) in [6.07, 6.45) is -2.50. The average Bonchev–Trinajstić information content (AvgIpc) is 2.15. The molecule has 0 heterocycles. The molecule has 0 spiro atoms. The van der Waals surface area contributed by atoms with Crippen molar-refractivity contribution >= 4 is 0 Å². The molecule has 0 aromatic rings. The van der Waals surface area contributed by atoms with Crippen LogP contribution in [0.1, 0.15) is 33.6 Å². The zero-order valence-corrected chi connectivity index (χ0v) is 10.4. The number of hydrogen-bond donors (Lipinski definition) is 1. The van der Waals surface area contributed by atoms with Crippen molar-refractivity contribution in [3.8, 4) is 0 Å². The van der Waals surface area contributed by atoms with Crippen LogP contribution in [0.15, 0.2) is 0 Å². The van der Waals surface area contributed by atoms with Gasteiger partial charge in [-0.1, -0.05) is 20.8 Å². The van der Waals surface area contributed by atoms with Crippen LogP contribution in [-0.4, -0.2) is 43.3 Å². The number of likely N-dealkylation sites (N-methyl/N-ethyl adjacent to an activating group) is 1. The Bertz CT molecular complexity index is 171. The molecule has 0 aromatic carbocycles. The lowest BCUT2D eigenvalue weighted by Crippen LogP contribution is -2.44. The van der Waals surface area contributed by atoms with Gasteiger partial charge in [-0.05, 0) is 25.9 Å². The lowest BCUT2D eigenvalue weighted by molar-refractivity contribution is -0.146. The molecule has 0 saturated carbocycles. The second-order valence-corrected chi connectivity index (χ2v) is 4.01. The molecule has 2 nitrogen and oxygen atoms in total. The lowest BCUT2D eigenvalue weighted by atomic mass is 10.2. The maximum atomic E-state index is 12.3. The number of rotatable bonds is 8. The molecule has 0 saturated heterocycles. The summed E-state index contributed by atoms with van der Waals surface area (Å²) in [7, 11) is 0. The minimum Gasteiger partial charge on any atom is -0.313 e. The molecule has 1 N–H and O–H groups in total. The highest BCUT2D eigenvalue weighted by molar-refractivity contribution is 4.72. The van der Waals surface area contributed by atoms with E-state index in [1.807, 2.05) is 20.8 Å². The predicted molar refractivity (Wildman–Crippen MR) is 60.5 cm³/mol. The molecule has 0 bridgehead atoms. The van der Waals surface area contributed by atoms with Gasteiger partial charge in [0.05, 0.1) is 6.54 Å². The van der Waals surface area contributed by atoms with Gasteiger partial charge in [0, 0.05) is 12.6 Å². The highest BCUT2D eigenvalue weighted by Crippen LogP contribution is 2.17. The fourth-order valence-electron chi connectivity index (χ4n) is 1.74. The van der Waals surface area contributed by atoms with Crippen molar-refractivity contribution < 1.29 is 13.2 Å².